The van der Waals surface area contributed by atoms with Gasteiger partial charge in [-0.15, -0.1) is 0 Å². The Hall–Kier alpha value is -2.83. The van der Waals surface area contributed by atoms with Crippen LogP contribution in [-0.2, 0) is 4.79 Å². The number of anilines is 1. The number of urea groups is 1. The summed E-state index contributed by atoms with van der Waals surface area (Å²) in [6, 6.07) is 7.05. The summed E-state index contributed by atoms with van der Waals surface area (Å²) >= 11 is 0. The fraction of sp³-hybridized carbons (Fsp3) is 0.214. The van der Waals surface area contributed by atoms with Gasteiger partial charge in [0.25, 0.3) is 0 Å². The minimum atomic E-state index is -0.393. The predicted octanol–water partition coefficient (Wildman–Crippen LogP) is 1.05. The molecule has 1 aromatic heterocycles. The highest BCUT2D eigenvalue weighted by Crippen LogP contribution is 2.18. The van der Waals surface area contributed by atoms with Crippen LogP contribution < -0.4 is 16.0 Å². The number of nitrogens with one attached hydrogen (secondary N) is 3. The Morgan fingerprint density at radius 3 is 2.76 bits per heavy atom. The lowest BCUT2D eigenvalue weighted by Gasteiger charge is -2.11. The fourth-order valence-electron chi connectivity index (χ4n) is 1.80. The second-order valence-corrected chi connectivity index (χ2v) is 4.43. The standard InChI is InChI=1S/C14H17N5O2/c1-10-8-11(19-7-3-6-17-19)4-5-12(10)18-13(20)9-16-14(21)15-2/h3-8H,9H2,1-2H3,(H,18,20)(H2,15,16,21). The van der Waals surface area contributed by atoms with Crippen molar-refractivity contribution in [1.82, 2.24) is 20.4 Å². The third kappa shape index (κ3) is 3.82. The molecule has 0 fully saturated rings. The summed E-state index contributed by atoms with van der Waals surface area (Å²) in [7, 11) is 1.49. The van der Waals surface area contributed by atoms with Crippen LogP contribution in [-0.4, -0.2) is 35.3 Å². The number of rotatable bonds is 4. The van der Waals surface area contributed by atoms with Gasteiger partial charge >= 0.3 is 6.03 Å². The first-order valence-corrected chi connectivity index (χ1v) is 6.46. The summed E-state index contributed by atoms with van der Waals surface area (Å²) in [5.74, 6) is -0.284. The van der Waals surface area contributed by atoms with E-state index in [9.17, 15) is 9.59 Å². The zero-order valence-corrected chi connectivity index (χ0v) is 11.9. The van der Waals surface area contributed by atoms with Crippen molar-refractivity contribution >= 4 is 17.6 Å². The third-order valence-corrected chi connectivity index (χ3v) is 2.89. The maximum absolute atomic E-state index is 11.7. The highest BCUT2D eigenvalue weighted by molar-refractivity contribution is 5.94. The molecule has 0 spiro atoms. The van der Waals surface area contributed by atoms with Crippen molar-refractivity contribution in [2.45, 2.75) is 6.92 Å². The van der Waals surface area contributed by atoms with Gasteiger partial charge in [0.1, 0.15) is 0 Å². The van der Waals surface area contributed by atoms with Gasteiger partial charge in [0.05, 0.1) is 12.2 Å². The zero-order valence-electron chi connectivity index (χ0n) is 11.9. The monoisotopic (exact) mass is 287 g/mol. The molecule has 0 saturated carbocycles. The molecule has 21 heavy (non-hydrogen) atoms. The molecular weight excluding hydrogens is 270 g/mol. The molecule has 0 radical (unpaired) electrons. The Bertz CT molecular complexity index is 637. The van der Waals surface area contributed by atoms with E-state index >= 15 is 0 Å². The lowest BCUT2D eigenvalue weighted by molar-refractivity contribution is -0.115. The predicted molar refractivity (Wildman–Crippen MR) is 79.4 cm³/mol. The average molecular weight is 287 g/mol. The van der Waals surface area contributed by atoms with Crippen LogP contribution in [0.3, 0.4) is 0 Å². The number of hydrogen-bond donors (Lipinski definition) is 3. The Labute approximate surface area is 122 Å². The largest absolute Gasteiger partial charge is 0.341 e. The average Bonchev–Trinajstić information content (AvgIpc) is 3.01. The van der Waals surface area contributed by atoms with Crippen LogP contribution in [0.1, 0.15) is 5.56 Å². The number of hydrogen-bond acceptors (Lipinski definition) is 3. The van der Waals surface area contributed by atoms with E-state index in [0.717, 1.165) is 11.3 Å². The van der Waals surface area contributed by atoms with Crippen molar-refractivity contribution in [3.63, 3.8) is 0 Å². The molecule has 0 atom stereocenters. The molecule has 0 bridgehead atoms. The van der Waals surface area contributed by atoms with E-state index in [0.29, 0.717) is 5.69 Å². The number of aromatic nitrogens is 2. The molecule has 0 aliphatic rings. The van der Waals surface area contributed by atoms with E-state index in [1.54, 1.807) is 10.9 Å². The first kappa shape index (κ1) is 14.6. The van der Waals surface area contributed by atoms with Gasteiger partial charge in [0, 0.05) is 25.1 Å². The fourth-order valence-corrected chi connectivity index (χ4v) is 1.80. The topological polar surface area (TPSA) is 88.0 Å². The molecule has 7 heteroatoms. The highest BCUT2D eigenvalue weighted by Gasteiger charge is 2.07. The lowest BCUT2D eigenvalue weighted by atomic mass is 10.1. The SMILES string of the molecule is CNC(=O)NCC(=O)Nc1ccc(-n2cccn2)cc1C. The summed E-state index contributed by atoms with van der Waals surface area (Å²) in [6.07, 6.45) is 3.55. The summed E-state index contributed by atoms with van der Waals surface area (Å²) in [6.45, 7) is 1.81. The molecule has 3 N–H and O–H groups in total. The Balaban J connectivity index is 2.01. The molecule has 7 nitrogen and oxygen atoms in total. The Morgan fingerprint density at radius 2 is 2.14 bits per heavy atom. The van der Waals surface area contributed by atoms with Crippen LogP contribution in [0.25, 0.3) is 5.69 Å². The second kappa shape index (κ2) is 6.56. The van der Waals surface area contributed by atoms with Gasteiger partial charge in [-0.3, -0.25) is 4.79 Å². The van der Waals surface area contributed by atoms with Crippen LogP contribution in [0.4, 0.5) is 10.5 Å². The first-order valence-electron chi connectivity index (χ1n) is 6.46. The highest BCUT2D eigenvalue weighted by atomic mass is 16.2. The van der Waals surface area contributed by atoms with Crippen molar-refractivity contribution in [3.8, 4) is 5.69 Å². The smallest absolute Gasteiger partial charge is 0.314 e. The van der Waals surface area contributed by atoms with E-state index < -0.39 is 6.03 Å². The third-order valence-electron chi connectivity index (χ3n) is 2.89. The van der Waals surface area contributed by atoms with E-state index in [1.165, 1.54) is 7.05 Å². The molecule has 0 saturated heterocycles. The van der Waals surface area contributed by atoms with E-state index in [1.807, 2.05) is 37.4 Å². The van der Waals surface area contributed by atoms with Gasteiger partial charge < -0.3 is 16.0 Å². The Kier molecular flexibility index (Phi) is 4.55. The normalized spacial score (nSPS) is 10.0. The minimum absolute atomic E-state index is 0.0833. The quantitative estimate of drug-likeness (QED) is 0.785. The van der Waals surface area contributed by atoms with Crippen LogP contribution in [0.15, 0.2) is 36.7 Å². The van der Waals surface area contributed by atoms with Crippen molar-refractivity contribution in [2.24, 2.45) is 0 Å². The number of carbonyl (C=O) groups excluding carboxylic acids is 2. The molecule has 1 aromatic carbocycles. The Morgan fingerprint density at radius 1 is 1.33 bits per heavy atom. The van der Waals surface area contributed by atoms with Crippen LogP contribution >= 0.6 is 0 Å². The van der Waals surface area contributed by atoms with Gasteiger partial charge in [-0.1, -0.05) is 0 Å². The molecular formula is C14H17N5O2. The van der Waals surface area contributed by atoms with Gasteiger partial charge in [-0.05, 0) is 36.8 Å². The zero-order chi connectivity index (χ0) is 15.2. The number of benzene rings is 1. The second-order valence-electron chi connectivity index (χ2n) is 4.43. The molecule has 2 rings (SSSR count). The van der Waals surface area contributed by atoms with Crippen molar-refractivity contribution in [1.29, 1.82) is 0 Å². The molecule has 1 heterocycles. The van der Waals surface area contributed by atoms with Gasteiger partial charge in [-0.2, -0.15) is 5.10 Å². The summed E-state index contributed by atoms with van der Waals surface area (Å²) in [5, 5.41) is 11.7. The van der Waals surface area contributed by atoms with Crippen LogP contribution in [0.2, 0.25) is 0 Å². The van der Waals surface area contributed by atoms with Crippen molar-refractivity contribution in [2.75, 3.05) is 18.9 Å². The van der Waals surface area contributed by atoms with E-state index in [2.05, 4.69) is 21.0 Å². The number of aryl methyl sites for hydroxylation is 1. The van der Waals surface area contributed by atoms with Crippen molar-refractivity contribution in [3.05, 3.63) is 42.2 Å². The first-order chi connectivity index (χ1) is 10.1. The minimum Gasteiger partial charge on any atom is -0.341 e. The molecule has 0 aliphatic carbocycles. The summed E-state index contributed by atoms with van der Waals surface area (Å²) in [4.78, 5) is 22.7. The number of amides is 3. The maximum Gasteiger partial charge on any atom is 0.314 e. The van der Waals surface area contributed by atoms with Crippen LogP contribution in [0, 0.1) is 6.92 Å². The molecule has 2 aromatic rings. The lowest BCUT2D eigenvalue weighted by Crippen LogP contribution is -2.38. The number of carbonyl (C=O) groups is 2. The van der Waals surface area contributed by atoms with Gasteiger partial charge in [0.15, 0.2) is 0 Å². The van der Waals surface area contributed by atoms with Gasteiger partial charge in [-0.25, -0.2) is 9.48 Å². The van der Waals surface area contributed by atoms with Crippen molar-refractivity contribution < 1.29 is 9.59 Å². The molecule has 0 aliphatic heterocycles. The van der Waals surface area contributed by atoms with Crippen LogP contribution in [0.5, 0.6) is 0 Å². The molecule has 3 amide bonds. The summed E-state index contributed by atoms with van der Waals surface area (Å²) in [5.41, 5.74) is 2.53. The maximum atomic E-state index is 11.7. The molecule has 0 unspecified atom stereocenters. The van der Waals surface area contributed by atoms with Gasteiger partial charge in [0.2, 0.25) is 5.91 Å². The van der Waals surface area contributed by atoms with E-state index in [4.69, 9.17) is 0 Å². The van der Waals surface area contributed by atoms with E-state index in [-0.39, 0.29) is 12.5 Å². The molecule has 110 valence electrons. The number of nitrogens with zero attached hydrogens (tertiary/aromatic N) is 2. The summed E-state index contributed by atoms with van der Waals surface area (Å²) < 4.78 is 1.74.